The normalized spacial score (nSPS) is 18.4. The summed E-state index contributed by atoms with van der Waals surface area (Å²) in [4.78, 5) is 62.2. The van der Waals surface area contributed by atoms with Crippen molar-refractivity contribution in [3.8, 4) is 23.0 Å². The van der Waals surface area contributed by atoms with Crippen molar-refractivity contribution in [3.63, 3.8) is 0 Å². The van der Waals surface area contributed by atoms with E-state index in [0.29, 0.717) is 74.1 Å². The molecule has 28 heteroatoms. The number of rotatable bonds is 19. The third-order valence-corrected chi connectivity index (χ3v) is 14.5. The van der Waals surface area contributed by atoms with Gasteiger partial charge in [-0.25, -0.2) is 33.0 Å². The van der Waals surface area contributed by atoms with E-state index in [1.165, 1.54) is 12.1 Å². The molecule has 4 fully saturated rings. The number of pyridine rings is 1. The molecule has 6 heterocycles. The molecule has 0 saturated carbocycles. The number of piperazine rings is 1. The highest BCUT2D eigenvalue weighted by atomic mass is 19.4. The van der Waals surface area contributed by atoms with Gasteiger partial charge in [-0.1, -0.05) is 24.0 Å². The number of halogens is 10. The largest absolute Gasteiger partial charge is 0.453 e. The number of aromatic nitrogens is 3. The number of carbonyl (C=O) groups is 4. The number of nitrogens with one attached hydrogen (secondary N) is 4. The Morgan fingerprint density at radius 2 is 1.32 bits per heavy atom. The van der Waals surface area contributed by atoms with E-state index in [9.17, 15) is 59.4 Å². The number of aliphatic hydroxyl groups excluding tert-OH is 1. The van der Waals surface area contributed by atoms with Crippen LogP contribution in [0.1, 0.15) is 62.9 Å². The van der Waals surface area contributed by atoms with Gasteiger partial charge in [-0.3, -0.25) is 19.9 Å². The number of hydrogen-bond donors (Lipinski definition) is 5. The Morgan fingerprint density at radius 1 is 0.775 bits per heavy atom. The second-order valence-electron chi connectivity index (χ2n) is 20.7. The summed E-state index contributed by atoms with van der Waals surface area (Å²) in [7, 11) is 1.60. The van der Waals surface area contributed by atoms with E-state index in [0.717, 1.165) is 65.2 Å². The molecule has 18 nitrogen and oxygen atoms in total. The van der Waals surface area contributed by atoms with Gasteiger partial charge in [0.05, 0.1) is 62.6 Å². The predicted octanol–water partition coefficient (Wildman–Crippen LogP) is 6.23. The molecule has 8 rings (SSSR count). The Hall–Kier alpha value is -7.22. The fraction of sp³-hybridized carbons (Fsp3) is 0.500. The van der Waals surface area contributed by atoms with Crippen LogP contribution >= 0.6 is 0 Å². The fourth-order valence-electron chi connectivity index (χ4n) is 9.39. The number of aliphatic hydroxyl groups is 1. The van der Waals surface area contributed by atoms with Gasteiger partial charge in [-0.2, -0.15) is 40.2 Å². The van der Waals surface area contributed by atoms with E-state index >= 15 is 8.78 Å². The highest BCUT2D eigenvalue weighted by Gasteiger charge is 2.57. The summed E-state index contributed by atoms with van der Waals surface area (Å²) < 4.78 is 160. The molecular formula is C52H58F10N10O8. The van der Waals surface area contributed by atoms with Crippen LogP contribution in [0.2, 0.25) is 0 Å². The number of fused-ring (bicyclic) bond motifs is 2. The van der Waals surface area contributed by atoms with E-state index in [2.05, 4.69) is 46.5 Å². The first kappa shape index (κ1) is 60.4. The molecule has 4 aliphatic rings. The Bertz CT molecular complexity index is 2890. The van der Waals surface area contributed by atoms with Crippen LogP contribution in [0.5, 0.6) is 0 Å². The van der Waals surface area contributed by atoms with Gasteiger partial charge in [0.15, 0.2) is 0 Å². The van der Waals surface area contributed by atoms with Crippen LogP contribution in [0, 0.1) is 34.3 Å². The minimum atomic E-state index is -5.23. The highest BCUT2D eigenvalue weighted by molar-refractivity contribution is 5.87. The van der Waals surface area contributed by atoms with Crippen molar-refractivity contribution in [1.82, 2.24) is 46.0 Å². The molecule has 4 amide bonds. The zero-order valence-electron chi connectivity index (χ0n) is 43.9. The van der Waals surface area contributed by atoms with Gasteiger partial charge in [0.1, 0.15) is 29.5 Å². The first-order chi connectivity index (χ1) is 37.5. The maximum Gasteiger partial charge on any atom is 0.407 e. The van der Waals surface area contributed by atoms with Crippen molar-refractivity contribution in [1.29, 1.82) is 0 Å². The van der Waals surface area contributed by atoms with E-state index in [-0.39, 0.29) is 21.4 Å². The molecule has 0 spiro atoms. The number of ether oxygens (including phenoxy) is 3. The molecule has 4 aliphatic heterocycles. The number of piperidine rings is 1. The SMILES string of the molecule is COC(=O)N[C@H](C(=O)N[C@@H](Cc1ccc(C#Cc2ccc(N3CC4CC(C3)N4C3COC3)nc2)cc1)[C@@H](O)CN(Cc1c(F)cc(-c2cnn(C(F)F)c2)cc1F)NC(=O)[C@@H](NC(=O)OC)C(C)(C)C(F)(F)F)C(C)(C)C(F)(F)F. The lowest BCUT2D eigenvalue weighted by Crippen LogP contribution is -2.74. The molecule has 2 aromatic carbocycles. The second kappa shape index (κ2) is 24.2. The van der Waals surface area contributed by atoms with Gasteiger partial charge in [0.25, 0.3) is 5.91 Å². The van der Waals surface area contributed by atoms with E-state index in [1.807, 2.05) is 22.9 Å². The molecule has 5 N–H and O–H groups in total. The number of hydrazine groups is 1. The smallest absolute Gasteiger partial charge is 0.407 e. The topological polar surface area (TPSA) is 205 Å². The first-order valence-corrected chi connectivity index (χ1v) is 24.8. The van der Waals surface area contributed by atoms with Gasteiger partial charge in [-0.15, -0.1) is 0 Å². The summed E-state index contributed by atoms with van der Waals surface area (Å²) in [6, 6.07) is 5.66. The lowest BCUT2D eigenvalue weighted by molar-refractivity contribution is -0.221. The van der Waals surface area contributed by atoms with Gasteiger partial charge >= 0.3 is 31.1 Å². The van der Waals surface area contributed by atoms with Crippen molar-refractivity contribution in [2.45, 2.75) is 108 Å². The van der Waals surface area contributed by atoms with Gasteiger partial charge in [0.2, 0.25) is 5.91 Å². The summed E-state index contributed by atoms with van der Waals surface area (Å²) in [5.41, 5.74) is -4.22. The third kappa shape index (κ3) is 13.7. The maximum atomic E-state index is 16.0. The van der Waals surface area contributed by atoms with E-state index < -0.39 is 115 Å². The molecule has 2 unspecified atom stereocenters. The molecular weight excluding hydrogens is 1080 g/mol. The fourth-order valence-corrected chi connectivity index (χ4v) is 9.39. The summed E-state index contributed by atoms with van der Waals surface area (Å²) in [6.07, 6.45) is -11.6. The van der Waals surface area contributed by atoms with Crippen molar-refractivity contribution in [3.05, 3.63) is 101 Å². The van der Waals surface area contributed by atoms with E-state index in [1.54, 1.807) is 23.6 Å². The molecule has 4 aromatic rings. The van der Waals surface area contributed by atoms with Crippen LogP contribution < -0.4 is 26.3 Å². The van der Waals surface area contributed by atoms with Gasteiger partial charge in [0, 0.05) is 72.9 Å². The molecule has 4 saturated heterocycles. The number of alkyl carbamates (subject to hydrolysis) is 2. The quantitative estimate of drug-likeness (QED) is 0.0402. The molecule has 0 aliphatic carbocycles. The van der Waals surface area contributed by atoms with Crippen LogP contribution in [0.25, 0.3) is 11.1 Å². The third-order valence-electron chi connectivity index (χ3n) is 14.5. The maximum absolute atomic E-state index is 16.0. The summed E-state index contributed by atoms with van der Waals surface area (Å²) >= 11 is 0. The second-order valence-corrected chi connectivity index (χ2v) is 20.7. The highest BCUT2D eigenvalue weighted by Crippen LogP contribution is 2.42. The van der Waals surface area contributed by atoms with Crippen molar-refractivity contribution in [2.75, 3.05) is 52.0 Å². The molecule has 2 aromatic heterocycles. The average Bonchev–Trinajstić information content (AvgIpc) is 3.89. The van der Waals surface area contributed by atoms with Crippen molar-refractivity contribution >= 4 is 29.8 Å². The zero-order chi connectivity index (χ0) is 58.6. The number of benzene rings is 2. The zero-order valence-corrected chi connectivity index (χ0v) is 43.9. The monoisotopic (exact) mass is 1140 g/mol. The number of amides is 4. The minimum Gasteiger partial charge on any atom is -0.453 e. The standard InChI is InChI=1S/C52H58F10N10O8/c1-49(2,51(57,58)59)42(66-47(76)78-5)44(74)65-39(15-29-10-7-28(8-11-29)9-12-30-13-14-41(63-19-30)69-22-33-18-34(23-69)72(33)35-26-80-27-35)40(73)25-70(68-45(75)43(67-48(77)79-6)50(3,4)52(60,61)62)24-36-37(53)16-31(17-38(36)54)32-20-64-71(21-32)46(55)56/h7-8,10-11,13-14,16-17,19-21,33-35,39-40,42-43,46,73H,15,18,22-27H2,1-6H3,(H,65,74)(H,66,76)(H,67,77)(H,68,75)/t33?,34?,39-,40-,42+,43+/m0/s1. The summed E-state index contributed by atoms with van der Waals surface area (Å²) in [6.45, 7) is 0.0469. The number of alkyl halides is 8. The molecule has 0 radical (unpaired) electrons. The van der Waals surface area contributed by atoms with Crippen molar-refractivity contribution in [2.24, 2.45) is 10.8 Å². The first-order valence-electron chi connectivity index (χ1n) is 24.8. The Balaban J connectivity index is 1.18. The number of nitrogens with zero attached hydrogens (tertiary/aromatic N) is 6. The predicted molar refractivity (Wildman–Crippen MR) is 265 cm³/mol. The number of hydrogen-bond acceptors (Lipinski definition) is 13. The Kier molecular flexibility index (Phi) is 18.3. The lowest BCUT2D eigenvalue weighted by atomic mass is 9.82. The minimum absolute atomic E-state index is 0.174. The number of methoxy groups -OCH3 is 2. The Morgan fingerprint density at radius 3 is 1.81 bits per heavy atom. The van der Waals surface area contributed by atoms with Gasteiger partial charge in [-0.05, 0) is 88.1 Å². The molecule has 6 atom stereocenters. The number of anilines is 1. The van der Waals surface area contributed by atoms with Crippen molar-refractivity contribution < 1.29 is 82.4 Å². The number of carbonyl (C=O) groups excluding carboxylic acids is 4. The molecule has 434 valence electrons. The van der Waals surface area contributed by atoms with Crippen LogP contribution in [0.4, 0.5) is 59.3 Å². The Labute approximate surface area is 452 Å². The summed E-state index contributed by atoms with van der Waals surface area (Å²) in [5.74, 6) is 0.783. The summed E-state index contributed by atoms with van der Waals surface area (Å²) in [5, 5.41) is 21.9. The van der Waals surface area contributed by atoms with Crippen LogP contribution in [0.3, 0.4) is 0 Å². The van der Waals surface area contributed by atoms with E-state index in [4.69, 9.17) is 4.74 Å². The molecule has 80 heavy (non-hydrogen) atoms. The van der Waals surface area contributed by atoms with Gasteiger partial charge < -0.3 is 40.2 Å². The lowest BCUT2D eigenvalue weighted by Gasteiger charge is -2.60. The molecule has 2 bridgehead atoms. The van der Waals surface area contributed by atoms with Crippen LogP contribution in [0.15, 0.2) is 67.1 Å². The van der Waals surface area contributed by atoms with Crippen LogP contribution in [-0.4, -0.2) is 156 Å². The van der Waals surface area contributed by atoms with Crippen LogP contribution in [-0.2, 0) is 36.8 Å². The average molecular weight is 1140 g/mol.